The van der Waals surface area contributed by atoms with E-state index in [0.29, 0.717) is 11.4 Å². The lowest BCUT2D eigenvalue weighted by atomic mass is 10.2. The molecule has 0 atom stereocenters. The van der Waals surface area contributed by atoms with Crippen LogP contribution in [0.15, 0.2) is 41.9 Å². The van der Waals surface area contributed by atoms with Crippen LogP contribution in [0, 0.1) is 5.82 Å². The summed E-state index contributed by atoms with van der Waals surface area (Å²) in [6, 6.07) is 10.2. The molecule has 0 aliphatic carbocycles. The Hall–Kier alpha value is -2.14. The average Bonchev–Trinajstić information content (AvgIpc) is 2.74. The van der Waals surface area contributed by atoms with Gasteiger partial charge in [0.2, 0.25) is 0 Å². The molecule has 0 radical (unpaired) electrons. The van der Waals surface area contributed by atoms with Gasteiger partial charge in [0.25, 0.3) is 0 Å². The number of nitrogens with zero attached hydrogens (tertiary/aromatic N) is 1. The van der Waals surface area contributed by atoms with Crippen LogP contribution in [0.2, 0.25) is 0 Å². The topological polar surface area (TPSA) is 50.9 Å². The Labute approximate surface area is 107 Å². The first-order valence-electron chi connectivity index (χ1n) is 5.37. The number of aromatic nitrogens is 1. The molecule has 2 aromatic carbocycles. The summed E-state index contributed by atoms with van der Waals surface area (Å²) in [4.78, 5) is 4.21. The largest absolute Gasteiger partial charge is 0.399 e. The Balaban J connectivity index is 1.95. The Kier molecular flexibility index (Phi) is 2.60. The van der Waals surface area contributed by atoms with Crippen molar-refractivity contribution in [1.82, 2.24) is 4.98 Å². The molecule has 0 amide bonds. The van der Waals surface area contributed by atoms with Gasteiger partial charge in [0.1, 0.15) is 5.82 Å². The van der Waals surface area contributed by atoms with E-state index in [1.54, 1.807) is 22.9 Å². The first-order chi connectivity index (χ1) is 8.70. The molecule has 3 nitrogen and oxygen atoms in total. The number of hydrogen-bond acceptors (Lipinski definition) is 4. The Morgan fingerprint density at radius 1 is 1.11 bits per heavy atom. The highest BCUT2D eigenvalue weighted by atomic mass is 32.1. The van der Waals surface area contributed by atoms with Gasteiger partial charge in [-0.3, -0.25) is 0 Å². The molecule has 0 saturated heterocycles. The van der Waals surface area contributed by atoms with Crippen LogP contribution in [0.3, 0.4) is 0 Å². The number of nitrogen functional groups attached to an aromatic ring is 1. The minimum Gasteiger partial charge on any atom is -0.399 e. The first-order valence-corrected chi connectivity index (χ1v) is 6.25. The van der Waals surface area contributed by atoms with E-state index in [9.17, 15) is 4.39 Å². The predicted molar refractivity (Wildman–Crippen MR) is 73.7 cm³/mol. The molecule has 0 unspecified atom stereocenters. The predicted octanol–water partition coefficient (Wildman–Crippen LogP) is 3.76. The van der Waals surface area contributed by atoms with Crippen molar-refractivity contribution in [1.29, 1.82) is 0 Å². The zero-order valence-electron chi connectivity index (χ0n) is 9.35. The summed E-state index contributed by atoms with van der Waals surface area (Å²) in [7, 11) is 0. The van der Waals surface area contributed by atoms with E-state index in [1.807, 2.05) is 18.2 Å². The molecule has 0 spiro atoms. The number of thiazole rings is 1. The van der Waals surface area contributed by atoms with Crippen molar-refractivity contribution in [3.8, 4) is 0 Å². The van der Waals surface area contributed by atoms with E-state index in [0.717, 1.165) is 15.9 Å². The lowest BCUT2D eigenvalue weighted by Gasteiger charge is -2.07. The van der Waals surface area contributed by atoms with Gasteiger partial charge in [0.05, 0.1) is 15.7 Å². The monoisotopic (exact) mass is 259 g/mol. The van der Waals surface area contributed by atoms with Crippen molar-refractivity contribution < 1.29 is 4.39 Å². The van der Waals surface area contributed by atoms with Gasteiger partial charge in [-0.2, -0.15) is 0 Å². The van der Waals surface area contributed by atoms with Crippen LogP contribution in [0.25, 0.3) is 10.2 Å². The standard InChI is InChI=1S/C13H10FN3S/c14-8-3-9(15)5-11(4-8)17-10-1-2-12-13(6-10)18-7-16-12/h1-7,17H,15H2. The van der Waals surface area contributed by atoms with Crippen molar-refractivity contribution in [2.45, 2.75) is 0 Å². The number of benzene rings is 2. The minimum absolute atomic E-state index is 0.351. The normalized spacial score (nSPS) is 10.7. The molecule has 3 N–H and O–H groups in total. The van der Waals surface area contributed by atoms with E-state index in [1.165, 1.54) is 12.1 Å². The van der Waals surface area contributed by atoms with E-state index in [2.05, 4.69) is 10.3 Å². The SMILES string of the molecule is Nc1cc(F)cc(Nc2ccc3ncsc3c2)c1. The second kappa shape index (κ2) is 4.27. The number of fused-ring (bicyclic) bond motifs is 1. The average molecular weight is 259 g/mol. The highest BCUT2D eigenvalue weighted by Gasteiger charge is 2.01. The molecule has 1 aromatic heterocycles. The number of hydrogen-bond donors (Lipinski definition) is 2. The molecule has 90 valence electrons. The van der Waals surface area contributed by atoms with E-state index in [4.69, 9.17) is 5.73 Å². The number of halogens is 1. The molecule has 1 heterocycles. The lowest BCUT2D eigenvalue weighted by Crippen LogP contribution is -1.93. The molecule has 0 fully saturated rings. The second-order valence-electron chi connectivity index (χ2n) is 3.93. The zero-order chi connectivity index (χ0) is 12.5. The van der Waals surface area contributed by atoms with E-state index in [-0.39, 0.29) is 5.82 Å². The molecular formula is C13H10FN3S. The second-order valence-corrected chi connectivity index (χ2v) is 4.82. The van der Waals surface area contributed by atoms with Crippen LogP contribution < -0.4 is 11.1 Å². The maximum Gasteiger partial charge on any atom is 0.127 e. The van der Waals surface area contributed by atoms with Crippen LogP contribution in [0.4, 0.5) is 21.5 Å². The third-order valence-corrected chi connectivity index (χ3v) is 3.33. The summed E-state index contributed by atoms with van der Waals surface area (Å²) in [5, 5.41) is 3.13. The summed E-state index contributed by atoms with van der Waals surface area (Å²) in [5.74, 6) is -0.351. The third-order valence-electron chi connectivity index (χ3n) is 2.54. The zero-order valence-corrected chi connectivity index (χ0v) is 10.2. The summed E-state index contributed by atoms with van der Waals surface area (Å²) < 4.78 is 14.3. The third kappa shape index (κ3) is 2.12. The molecule has 5 heteroatoms. The van der Waals surface area contributed by atoms with Gasteiger partial charge in [-0.15, -0.1) is 11.3 Å². The molecule has 0 aliphatic heterocycles. The molecule has 0 bridgehead atoms. The highest BCUT2D eigenvalue weighted by molar-refractivity contribution is 7.16. The van der Waals surface area contributed by atoms with Crippen LogP contribution >= 0.6 is 11.3 Å². The maximum atomic E-state index is 13.2. The number of anilines is 3. The van der Waals surface area contributed by atoms with Crippen molar-refractivity contribution in [3.63, 3.8) is 0 Å². The lowest BCUT2D eigenvalue weighted by molar-refractivity contribution is 0.629. The summed E-state index contributed by atoms with van der Waals surface area (Å²) >= 11 is 1.57. The Bertz CT molecular complexity index is 688. The Morgan fingerprint density at radius 3 is 2.83 bits per heavy atom. The maximum absolute atomic E-state index is 13.2. The first kappa shape index (κ1) is 11.0. The molecule has 18 heavy (non-hydrogen) atoms. The molecule has 0 aliphatic rings. The van der Waals surface area contributed by atoms with Gasteiger partial charge in [0, 0.05) is 17.1 Å². The van der Waals surface area contributed by atoms with Gasteiger partial charge in [-0.1, -0.05) is 0 Å². The fourth-order valence-corrected chi connectivity index (χ4v) is 2.50. The van der Waals surface area contributed by atoms with Crippen molar-refractivity contribution in [3.05, 3.63) is 47.7 Å². The van der Waals surface area contributed by atoms with Crippen molar-refractivity contribution >= 4 is 38.6 Å². The molecule has 3 aromatic rings. The Morgan fingerprint density at radius 2 is 2.00 bits per heavy atom. The number of nitrogens with two attached hydrogens (primary N) is 1. The quantitative estimate of drug-likeness (QED) is 0.689. The summed E-state index contributed by atoms with van der Waals surface area (Å²) in [6.07, 6.45) is 0. The van der Waals surface area contributed by atoms with Crippen molar-refractivity contribution in [2.75, 3.05) is 11.1 Å². The van der Waals surface area contributed by atoms with Gasteiger partial charge in [-0.25, -0.2) is 9.37 Å². The van der Waals surface area contributed by atoms with E-state index < -0.39 is 0 Å². The summed E-state index contributed by atoms with van der Waals surface area (Å²) in [5.41, 5.74) is 10.3. The van der Waals surface area contributed by atoms with Crippen LogP contribution in [0.5, 0.6) is 0 Å². The molecular weight excluding hydrogens is 249 g/mol. The van der Waals surface area contributed by atoms with Crippen LogP contribution in [-0.4, -0.2) is 4.98 Å². The van der Waals surface area contributed by atoms with E-state index >= 15 is 0 Å². The highest BCUT2D eigenvalue weighted by Crippen LogP contribution is 2.25. The summed E-state index contributed by atoms with van der Waals surface area (Å²) in [6.45, 7) is 0. The number of rotatable bonds is 2. The number of nitrogens with one attached hydrogen (secondary N) is 1. The molecule has 0 saturated carbocycles. The molecule has 3 rings (SSSR count). The smallest absolute Gasteiger partial charge is 0.127 e. The fourth-order valence-electron chi connectivity index (χ4n) is 1.78. The van der Waals surface area contributed by atoms with Crippen LogP contribution in [0.1, 0.15) is 0 Å². The van der Waals surface area contributed by atoms with Crippen LogP contribution in [-0.2, 0) is 0 Å². The minimum atomic E-state index is -0.351. The van der Waals surface area contributed by atoms with Gasteiger partial charge in [-0.05, 0) is 36.4 Å². The van der Waals surface area contributed by atoms with Gasteiger partial charge in [0.15, 0.2) is 0 Å². The van der Waals surface area contributed by atoms with Gasteiger partial charge >= 0.3 is 0 Å². The van der Waals surface area contributed by atoms with Gasteiger partial charge < -0.3 is 11.1 Å². The van der Waals surface area contributed by atoms with Crippen molar-refractivity contribution in [2.24, 2.45) is 0 Å². The fraction of sp³-hybridized carbons (Fsp3) is 0.